The van der Waals surface area contributed by atoms with Crippen LogP contribution in [-0.2, 0) is 5.33 Å². The van der Waals surface area contributed by atoms with E-state index < -0.39 is 0 Å². The van der Waals surface area contributed by atoms with E-state index in [1.807, 2.05) is 30.3 Å². The van der Waals surface area contributed by atoms with Gasteiger partial charge in [0, 0.05) is 10.9 Å². The summed E-state index contributed by atoms with van der Waals surface area (Å²) in [4.78, 5) is 0. The maximum absolute atomic E-state index is 6.21. The van der Waals surface area contributed by atoms with Gasteiger partial charge in [0.15, 0.2) is 0 Å². The Morgan fingerprint density at radius 2 is 1.89 bits per heavy atom. The molecule has 0 spiro atoms. The lowest BCUT2D eigenvalue weighted by Crippen LogP contribution is -1.92. The smallest absolute Gasteiger partial charge is 0.150 e. The first-order valence-corrected chi connectivity index (χ1v) is 7.73. The van der Waals surface area contributed by atoms with Gasteiger partial charge in [0.1, 0.15) is 11.5 Å². The summed E-state index contributed by atoms with van der Waals surface area (Å²) in [6.07, 6.45) is 0. The van der Waals surface area contributed by atoms with Crippen molar-refractivity contribution in [1.29, 1.82) is 0 Å². The van der Waals surface area contributed by atoms with Crippen molar-refractivity contribution in [3.63, 3.8) is 0 Å². The number of hydrogen-bond acceptors (Lipinski definition) is 1. The van der Waals surface area contributed by atoms with Gasteiger partial charge in [-0.15, -0.1) is 0 Å². The van der Waals surface area contributed by atoms with Crippen molar-refractivity contribution in [2.24, 2.45) is 0 Å². The average Bonchev–Trinajstić information content (AvgIpc) is 2.41. The van der Waals surface area contributed by atoms with Crippen LogP contribution in [0.3, 0.4) is 0 Å². The molecule has 0 unspecified atom stereocenters. The van der Waals surface area contributed by atoms with E-state index in [4.69, 9.17) is 16.3 Å². The first-order chi connectivity index (χ1) is 9.11. The summed E-state index contributed by atoms with van der Waals surface area (Å²) < 4.78 is 5.96. The van der Waals surface area contributed by atoms with Crippen LogP contribution in [-0.4, -0.2) is 0 Å². The fourth-order valence-corrected chi connectivity index (χ4v) is 2.50. The molecule has 100 valence electrons. The molecule has 2 rings (SSSR count). The molecule has 0 aliphatic rings. The first-order valence-electron chi connectivity index (χ1n) is 6.23. The molecule has 0 amide bonds. The van der Waals surface area contributed by atoms with E-state index in [1.54, 1.807) is 0 Å². The van der Waals surface area contributed by atoms with E-state index >= 15 is 0 Å². The largest absolute Gasteiger partial charge is 0.455 e. The molecule has 0 bridgehead atoms. The van der Waals surface area contributed by atoms with Gasteiger partial charge in [0.05, 0.1) is 5.02 Å². The molecule has 0 fully saturated rings. The summed E-state index contributed by atoms with van der Waals surface area (Å²) in [5.74, 6) is 2.02. The third-order valence-corrected chi connectivity index (χ3v) is 3.84. The molecule has 2 aromatic carbocycles. The fraction of sp³-hybridized carbons (Fsp3) is 0.250. The van der Waals surface area contributed by atoms with Crippen LogP contribution >= 0.6 is 27.5 Å². The number of rotatable bonds is 4. The molecule has 2 aromatic rings. The number of alkyl halides is 1. The second-order valence-electron chi connectivity index (χ2n) is 4.69. The highest BCUT2D eigenvalue weighted by atomic mass is 79.9. The zero-order valence-electron chi connectivity index (χ0n) is 11.0. The predicted octanol–water partition coefficient (Wildman–Crippen LogP) is 6.15. The Hall–Kier alpha value is -0.990. The molecule has 0 saturated carbocycles. The third kappa shape index (κ3) is 3.52. The van der Waals surface area contributed by atoms with Gasteiger partial charge in [0.25, 0.3) is 0 Å². The SMILES string of the molecule is CC(C)c1cccc(Oc2c(Cl)cccc2CBr)c1. The van der Waals surface area contributed by atoms with Crippen LogP contribution in [0.2, 0.25) is 5.02 Å². The van der Waals surface area contributed by atoms with Crippen molar-refractivity contribution in [3.05, 3.63) is 58.6 Å². The summed E-state index contributed by atoms with van der Waals surface area (Å²) in [6, 6.07) is 13.9. The normalized spacial score (nSPS) is 10.8. The first kappa shape index (κ1) is 14.4. The summed E-state index contributed by atoms with van der Waals surface area (Å²) in [7, 11) is 0. The van der Waals surface area contributed by atoms with E-state index in [9.17, 15) is 0 Å². The summed E-state index contributed by atoms with van der Waals surface area (Å²) in [5.41, 5.74) is 2.30. The summed E-state index contributed by atoms with van der Waals surface area (Å²) >= 11 is 9.67. The predicted molar refractivity (Wildman–Crippen MR) is 84.7 cm³/mol. The van der Waals surface area contributed by atoms with Crippen LogP contribution in [0.25, 0.3) is 0 Å². The van der Waals surface area contributed by atoms with Crippen molar-refractivity contribution in [2.45, 2.75) is 25.1 Å². The van der Waals surface area contributed by atoms with Crippen molar-refractivity contribution >= 4 is 27.5 Å². The van der Waals surface area contributed by atoms with Gasteiger partial charge in [-0.05, 0) is 29.7 Å². The van der Waals surface area contributed by atoms with E-state index in [-0.39, 0.29) is 0 Å². The Morgan fingerprint density at radius 3 is 2.58 bits per heavy atom. The maximum Gasteiger partial charge on any atom is 0.150 e. The highest BCUT2D eigenvalue weighted by Gasteiger charge is 2.09. The Morgan fingerprint density at radius 1 is 1.16 bits per heavy atom. The van der Waals surface area contributed by atoms with Gasteiger partial charge in [-0.3, -0.25) is 0 Å². The Labute approximate surface area is 127 Å². The van der Waals surface area contributed by atoms with E-state index in [0.717, 1.165) is 17.1 Å². The molecule has 3 heteroatoms. The van der Waals surface area contributed by atoms with Crippen LogP contribution in [0.5, 0.6) is 11.5 Å². The van der Waals surface area contributed by atoms with Crippen LogP contribution in [0.4, 0.5) is 0 Å². The van der Waals surface area contributed by atoms with Crippen LogP contribution in [0, 0.1) is 0 Å². The molecule has 0 saturated heterocycles. The van der Waals surface area contributed by atoms with Gasteiger partial charge in [0.2, 0.25) is 0 Å². The summed E-state index contributed by atoms with van der Waals surface area (Å²) in [5, 5.41) is 1.35. The molecular formula is C16H16BrClO. The Bertz CT molecular complexity index is 566. The highest BCUT2D eigenvalue weighted by molar-refractivity contribution is 9.08. The maximum atomic E-state index is 6.21. The van der Waals surface area contributed by atoms with Gasteiger partial charge in [-0.25, -0.2) is 0 Å². The number of ether oxygens (including phenoxy) is 1. The molecule has 0 radical (unpaired) electrons. The second kappa shape index (κ2) is 6.44. The van der Waals surface area contributed by atoms with Gasteiger partial charge in [-0.2, -0.15) is 0 Å². The molecule has 0 aliphatic heterocycles. The van der Waals surface area contributed by atoms with Crippen LogP contribution < -0.4 is 4.74 Å². The highest BCUT2D eigenvalue weighted by Crippen LogP contribution is 2.34. The number of benzene rings is 2. The van der Waals surface area contributed by atoms with E-state index in [1.165, 1.54) is 5.56 Å². The minimum absolute atomic E-state index is 0.477. The minimum atomic E-state index is 0.477. The Kier molecular flexibility index (Phi) is 4.89. The van der Waals surface area contributed by atoms with Crippen LogP contribution in [0.15, 0.2) is 42.5 Å². The summed E-state index contributed by atoms with van der Waals surface area (Å²) in [6.45, 7) is 4.33. The number of halogens is 2. The topological polar surface area (TPSA) is 9.23 Å². The number of para-hydroxylation sites is 1. The third-order valence-electron chi connectivity index (χ3n) is 2.94. The van der Waals surface area contributed by atoms with Crippen molar-refractivity contribution in [2.75, 3.05) is 0 Å². The molecule has 0 atom stereocenters. The number of hydrogen-bond donors (Lipinski definition) is 0. The molecule has 1 nitrogen and oxygen atoms in total. The lowest BCUT2D eigenvalue weighted by atomic mass is 10.0. The Balaban J connectivity index is 2.33. The second-order valence-corrected chi connectivity index (χ2v) is 5.66. The lowest BCUT2D eigenvalue weighted by Gasteiger charge is -2.13. The zero-order valence-corrected chi connectivity index (χ0v) is 13.3. The molecule has 0 aromatic heterocycles. The zero-order chi connectivity index (χ0) is 13.8. The van der Waals surface area contributed by atoms with Gasteiger partial charge < -0.3 is 4.74 Å². The van der Waals surface area contributed by atoms with Crippen LogP contribution in [0.1, 0.15) is 30.9 Å². The minimum Gasteiger partial charge on any atom is -0.455 e. The standard InChI is InChI=1S/C16H16BrClO/c1-11(2)12-5-3-7-14(9-12)19-16-13(10-17)6-4-8-15(16)18/h3-9,11H,10H2,1-2H3. The molecule has 19 heavy (non-hydrogen) atoms. The van der Waals surface area contributed by atoms with E-state index in [0.29, 0.717) is 16.3 Å². The fourth-order valence-electron chi connectivity index (χ4n) is 1.83. The monoisotopic (exact) mass is 338 g/mol. The van der Waals surface area contributed by atoms with Crippen molar-refractivity contribution < 1.29 is 4.74 Å². The van der Waals surface area contributed by atoms with Crippen molar-refractivity contribution in [3.8, 4) is 11.5 Å². The molecular weight excluding hydrogens is 324 g/mol. The van der Waals surface area contributed by atoms with E-state index in [2.05, 4.69) is 41.9 Å². The quantitative estimate of drug-likeness (QED) is 0.607. The van der Waals surface area contributed by atoms with Crippen molar-refractivity contribution in [1.82, 2.24) is 0 Å². The lowest BCUT2D eigenvalue weighted by molar-refractivity contribution is 0.478. The van der Waals surface area contributed by atoms with Gasteiger partial charge in [-0.1, -0.05) is 65.6 Å². The van der Waals surface area contributed by atoms with Gasteiger partial charge >= 0.3 is 0 Å². The molecule has 0 aliphatic carbocycles. The molecule has 0 heterocycles. The average molecular weight is 340 g/mol. The molecule has 0 N–H and O–H groups in total.